The number of halogens is 2. The summed E-state index contributed by atoms with van der Waals surface area (Å²) >= 11 is 9.17. The number of methoxy groups -OCH3 is 1. The zero-order chi connectivity index (χ0) is 15.1. The van der Waals surface area contributed by atoms with Gasteiger partial charge in [-0.1, -0.05) is 27.5 Å². The van der Waals surface area contributed by atoms with Crippen molar-refractivity contribution in [3.8, 4) is 5.75 Å². The first kappa shape index (κ1) is 16.7. The van der Waals surface area contributed by atoms with Crippen molar-refractivity contribution >= 4 is 39.4 Å². The minimum Gasteiger partial charge on any atom is -0.482 e. The van der Waals surface area contributed by atoms with Crippen molar-refractivity contribution in [3.05, 3.63) is 27.7 Å². The Balaban J connectivity index is 2.41. The number of amides is 1. The normalized spacial score (nSPS) is 11.8. The van der Waals surface area contributed by atoms with E-state index in [1.54, 1.807) is 18.2 Å². The van der Waals surface area contributed by atoms with Gasteiger partial charge in [0.25, 0.3) is 5.91 Å². The van der Waals surface area contributed by atoms with Gasteiger partial charge in [-0.3, -0.25) is 4.79 Å². The lowest BCUT2D eigenvalue weighted by Crippen LogP contribution is -2.39. The van der Waals surface area contributed by atoms with Crippen molar-refractivity contribution < 1.29 is 24.2 Å². The maximum Gasteiger partial charge on any atom is 0.334 e. The largest absolute Gasteiger partial charge is 0.482 e. The number of hydrogen-bond donors (Lipinski definition) is 2. The van der Waals surface area contributed by atoms with Crippen LogP contribution in [0.25, 0.3) is 0 Å². The molecule has 0 saturated heterocycles. The van der Waals surface area contributed by atoms with Crippen LogP contribution in [-0.2, 0) is 14.3 Å². The van der Waals surface area contributed by atoms with Gasteiger partial charge in [0, 0.05) is 11.6 Å². The molecule has 6 nitrogen and oxygen atoms in total. The number of benzene rings is 1. The molecule has 1 atom stereocenters. The van der Waals surface area contributed by atoms with Crippen LogP contribution in [0.3, 0.4) is 0 Å². The van der Waals surface area contributed by atoms with E-state index in [9.17, 15) is 9.59 Å². The average Bonchev–Trinajstić information content (AvgIpc) is 2.38. The first-order valence-electron chi connectivity index (χ1n) is 5.54. The van der Waals surface area contributed by atoms with Gasteiger partial charge in [-0.2, -0.15) is 0 Å². The van der Waals surface area contributed by atoms with E-state index in [2.05, 4.69) is 26.0 Å². The van der Waals surface area contributed by atoms with Crippen molar-refractivity contribution in [1.29, 1.82) is 0 Å². The lowest BCUT2D eigenvalue weighted by molar-refractivity contribution is -0.148. The van der Waals surface area contributed by atoms with Crippen LogP contribution >= 0.6 is 27.5 Å². The topological polar surface area (TPSA) is 84.9 Å². The molecule has 20 heavy (non-hydrogen) atoms. The number of carbonyl (C=O) groups is 2. The van der Waals surface area contributed by atoms with Crippen molar-refractivity contribution in [2.24, 2.45) is 0 Å². The molecule has 0 spiro atoms. The molecule has 1 rings (SSSR count). The van der Waals surface area contributed by atoms with Crippen LogP contribution in [0.5, 0.6) is 5.75 Å². The van der Waals surface area contributed by atoms with Crippen LogP contribution in [-0.4, -0.2) is 43.3 Å². The Morgan fingerprint density at radius 2 is 2.20 bits per heavy atom. The first-order chi connectivity index (χ1) is 9.43. The molecule has 0 aliphatic heterocycles. The number of nitrogens with one attached hydrogen (secondary N) is 1. The third kappa shape index (κ3) is 5.36. The molecule has 1 aromatic carbocycles. The zero-order valence-electron chi connectivity index (χ0n) is 10.6. The van der Waals surface area contributed by atoms with Gasteiger partial charge >= 0.3 is 5.97 Å². The summed E-state index contributed by atoms with van der Waals surface area (Å²) in [5, 5.41) is 11.5. The zero-order valence-corrected chi connectivity index (χ0v) is 12.9. The van der Waals surface area contributed by atoms with E-state index in [4.69, 9.17) is 21.4 Å². The maximum absolute atomic E-state index is 11.5. The molecule has 1 amide bonds. The summed E-state index contributed by atoms with van der Waals surface area (Å²) in [6, 6.07) is 4.99. The van der Waals surface area contributed by atoms with E-state index < -0.39 is 18.0 Å². The van der Waals surface area contributed by atoms with Crippen molar-refractivity contribution in [2.75, 3.05) is 20.3 Å². The van der Waals surface area contributed by atoms with Crippen molar-refractivity contribution in [1.82, 2.24) is 5.32 Å². The summed E-state index contributed by atoms with van der Waals surface area (Å²) in [6.07, 6.45) is -1.09. The number of ether oxygens (including phenoxy) is 2. The summed E-state index contributed by atoms with van der Waals surface area (Å²) in [5.41, 5.74) is 0. The number of rotatable bonds is 7. The number of carbonyl (C=O) groups excluding carboxylic acids is 1. The fraction of sp³-hybridized carbons (Fsp3) is 0.333. The van der Waals surface area contributed by atoms with Crippen LogP contribution in [0.1, 0.15) is 0 Å². The molecule has 1 aromatic rings. The van der Waals surface area contributed by atoms with Crippen LogP contribution in [0.2, 0.25) is 5.02 Å². The second-order valence-corrected chi connectivity index (χ2v) is 5.05. The number of carboxylic acids is 1. The van der Waals surface area contributed by atoms with E-state index in [0.29, 0.717) is 10.8 Å². The first-order valence-corrected chi connectivity index (χ1v) is 6.71. The van der Waals surface area contributed by atoms with Crippen LogP contribution < -0.4 is 10.1 Å². The van der Waals surface area contributed by atoms with Gasteiger partial charge in [0.1, 0.15) is 5.75 Å². The Kier molecular flexibility index (Phi) is 6.77. The Hall–Kier alpha value is -1.31. The molecule has 0 heterocycles. The second-order valence-electron chi connectivity index (χ2n) is 3.73. The second kappa shape index (κ2) is 8.08. The highest BCUT2D eigenvalue weighted by Gasteiger charge is 2.17. The van der Waals surface area contributed by atoms with Crippen LogP contribution in [0, 0.1) is 0 Å². The van der Waals surface area contributed by atoms with Gasteiger partial charge in [-0.15, -0.1) is 0 Å². The van der Waals surface area contributed by atoms with Gasteiger partial charge in [-0.25, -0.2) is 4.79 Å². The highest BCUT2D eigenvalue weighted by atomic mass is 79.9. The molecule has 0 fully saturated rings. The Morgan fingerprint density at radius 1 is 1.50 bits per heavy atom. The minimum absolute atomic E-state index is 0.137. The molecule has 8 heteroatoms. The summed E-state index contributed by atoms with van der Waals surface area (Å²) in [5.74, 6) is -1.25. The molecule has 0 saturated carbocycles. The smallest absolute Gasteiger partial charge is 0.334 e. The van der Waals surface area contributed by atoms with Crippen molar-refractivity contribution in [3.63, 3.8) is 0 Å². The summed E-state index contributed by atoms with van der Waals surface area (Å²) < 4.78 is 10.7. The molecule has 0 bridgehead atoms. The molecule has 0 aliphatic rings. The number of aliphatic carboxylic acids is 1. The van der Waals surface area contributed by atoms with Crippen molar-refractivity contribution in [2.45, 2.75) is 6.10 Å². The SMILES string of the molecule is COC(CNC(=O)COc1ccc(Br)cc1Cl)C(=O)O. The lowest BCUT2D eigenvalue weighted by Gasteiger charge is -2.12. The van der Waals surface area contributed by atoms with Gasteiger partial charge in [0.15, 0.2) is 12.7 Å². The van der Waals surface area contributed by atoms with Crippen LogP contribution in [0.15, 0.2) is 22.7 Å². The summed E-state index contributed by atoms with van der Waals surface area (Å²) in [7, 11) is 1.25. The average molecular weight is 367 g/mol. The van der Waals surface area contributed by atoms with E-state index in [-0.39, 0.29) is 13.2 Å². The van der Waals surface area contributed by atoms with E-state index in [1.165, 1.54) is 7.11 Å². The lowest BCUT2D eigenvalue weighted by atomic mass is 10.3. The molecule has 0 radical (unpaired) electrons. The van der Waals surface area contributed by atoms with E-state index in [1.807, 2.05) is 0 Å². The minimum atomic E-state index is -1.15. The third-order valence-corrected chi connectivity index (χ3v) is 3.09. The van der Waals surface area contributed by atoms with Gasteiger partial charge < -0.3 is 19.9 Å². The molecular weight excluding hydrogens is 353 g/mol. The molecule has 0 aromatic heterocycles. The maximum atomic E-state index is 11.5. The Labute approximate surface area is 129 Å². The van der Waals surface area contributed by atoms with Crippen LogP contribution in [0.4, 0.5) is 0 Å². The fourth-order valence-electron chi connectivity index (χ4n) is 1.26. The molecule has 1 unspecified atom stereocenters. The van der Waals surface area contributed by atoms with E-state index >= 15 is 0 Å². The predicted molar refractivity (Wildman–Crippen MR) is 76.1 cm³/mol. The monoisotopic (exact) mass is 365 g/mol. The predicted octanol–water partition coefficient (Wildman–Crippen LogP) is 1.70. The number of hydrogen-bond acceptors (Lipinski definition) is 4. The fourth-order valence-corrected chi connectivity index (χ4v) is 1.99. The molecular formula is C12H13BrClNO5. The summed E-state index contributed by atoms with van der Waals surface area (Å²) in [4.78, 5) is 22.2. The highest BCUT2D eigenvalue weighted by Crippen LogP contribution is 2.27. The Bertz CT molecular complexity index is 497. The summed E-state index contributed by atoms with van der Waals surface area (Å²) in [6.45, 7) is -0.403. The van der Waals surface area contributed by atoms with Gasteiger partial charge in [-0.05, 0) is 18.2 Å². The molecule has 110 valence electrons. The quantitative estimate of drug-likeness (QED) is 0.767. The highest BCUT2D eigenvalue weighted by molar-refractivity contribution is 9.10. The Morgan fingerprint density at radius 3 is 2.75 bits per heavy atom. The molecule has 2 N–H and O–H groups in total. The van der Waals surface area contributed by atoms with Gasteiger partial charge in [0.2, 0.25) is 0 Å². The standard InChI is InChI=1S/C12H13BrClNO5/c1-19-10(12(17)18)5-15-11(16)6-20-9-3-2-7(13)4-8(9)14/h2-4,10H,5-6H2,1H3,(H,15,16)(H,17,18). The van der Waals surface area contributed by atoms with E-state index in [0.717, 1.165) is 4.47 Å². The molecule has 0 aliphatic carbocycles. The van der Waals surface area contributed by atoms with Gasteiger partial charge in [0.05, 0.1) is 11.6 Å². The third-order valence-electron chi connectivity index (χ3n) is 2.30. The number of carboxylic acid groups (broad SMARTS) is 1.